The summed E-state index contributed by atoms with van der Waals surface area (Å²) >= 11 is 0. The fraction of sp³-hybridized carbons (Fsp3) is 0.125. The van der Waals surface area contributed by atoms with E-state index in [1.54, 1.807) is 6.20 Å². The lowest BCUT2D eigenvalue weighted by molar-refractivity contribution is 0.459. The molecule has 0 aliphatic heterocycles. The van der Waals surface area contributed by atoms with Crippen molar-refractivity contribution in [2.24, 2.45) is 5.73 Å². The van der Waals surface area contributed by atoms with Gasteiger partial charge in [-0.15, -0.1) is 0 Å². The Balaban J connectivity index is 1.94. The molecule has 20 heavy (non-hydrogen) atoms. The fourth-order valence-corrected chi connectivity index (χ4v) is 2.10. The van der Waals surface area contributed by atoms with Crippen LogP contribution in [0, 0.1) is 6.92 Å². The zero-order valence-corrected chi connectivity index (χ0v) is 11.2. The highest BCUT2D eigenvalue weighted by atomic mass is 16.5. The van der Waals surface area contributed by atoms with Gasteiger partial charge in [-0.25, -0.2) is 4.98 Å². The van der Waals surface area contributed by atoms with E-state index in [1.165, 1.54) is 0 Å². The maximum absolute atomic E-state index is 5.78. The standard InChI is InChI=1S/C16H15N3O/c1-11-6-12(9-17)7-16(19-11)20-14-8-13-4-2-3-5-15(13)18-10-14/h2-8,10H,9,17H2,1H3. The Morgan fingerprint density at radius 3 is 2.85 bits per heavy atom. The number of aryl methyl sites for hydroxylation is 1. The van der Waals surface area contributed by atoms with Gasteiger partial charge in [0.1, 0.15) is 5.75 Å². The second-order valence-corrected chi connectivity index (χ2v) is 4.62. The van der Waals surface area contributed by atoms with Crippen molar-refractivity contribution in [2.75, 3.05) is 0 Å². The minimum absolute atomic E-state index is 0.468. The topological polar surface area (TPSA) is 61.0 Å². The summed E-state index contributed by atoms with van der Waals surface area (Å²) in [5.41, 5.74) is 8.49. The molecule has 2 N–H and O–H groups in total. The first-order valence-electron chi connectivity index (χ1n) is 6.45. The van der Waals surface area contributed by atoms with E-state index in [0.29, 0.717) is 18.2 Å². The molecule has 0 aliphatic rings. The van der Waals surface area contributed by atoms with Gasteiger partial charge in [0.2, 0.25) is 5.88 Å². The van der Waals surface area contributed by atoms with Gasteiger partial charge in [-0.1, -0.05) is 18.2 Å². The van der Waals surface area contributed by atoms with Crippen LogP contribution in [-0.2, 0) is 6.54 Å². The molecule has 0 atom stereocenters. The molecular formula is C16H15N3O. The van der Waals surface area contributed by atoms with Crippen LogP contribution in [0.15, 0.2) is 48.7 Å². The van der Waals surface area contributed by atoms with Crippen molar-refractivity contribution < 1.29 is 4.74 Å². The summed E-state index contributed by atoms with van der Waals surface area (Å²) in [6, 6.07) is 13.7. The van der Waals surface area contributed by atoms with E-state index < -0.39 is 0 Å². The molecule has 0 saturated carbocycles. The van der Waals surface area contributed by atoms with Crippen LogP contribution < -0.4 is 10.5 Å². The summed E-state index contributed by atoms with van der Waals surface area (Å²) in [6.45, 7) is 2.39. The molecule has 100 valence electrons. The number of para-hydroxylation sites is 1. The molecule has 3 aromatic rings. The summed E-state index contributed by atoms with van der Waals surface area (Å²) in [5, 5.41) is 1.04. The second-order valence-electron chi connectivity index (χ2n) is 4.62. The molecular weight excluding hydrogens is 250 g/mol. The summed E-state index contributed by atoms with van der Waals surface area (Å²) in [4.78, 5) is 8.72. The van der Waals surface area contributed by atoms with Crippen molar-refractivity contribution in [2.45, 2.75) is 13.5 Å². The molecule has 0 saturated heterocycles. The average molecular weight is 265 g/mol. The predicted molar refractivity (Wildman–Crippen MR) is 78.7 cm³/mol. The van der Waals surface area contributed by atoms with Gasteiger partial charge in [-0.2, -0.15) is 0 Å². The van der Waals surface area contributed by atoms with Crippen LogP contribution in [0.4, 0.5) is 0 Å². The number of nitrogens with zero attached hydrogens (tertiary/aromatic N) is 2. The van der Waals surface area contributed by atoms with Gasteiger partial charge < -0.3 is 10.5 Å². The predicted octanol–water partition coefficient (Wildman–Crippen LogP) is 3.19. The van der Waals surface area contributed by atoms with Crippen molar-refractivity contribution >= 4 is 10.9 Å². The van der Waals surface area contributed by atoms with Crippen LogP contribution in [-0.4, -0.2) is 9.97 Å². The van der Waals surface area contributed by atoms with E-state index in [0.717, 1.165) is 22.2 Å². The van der Waals surface area contributed by atoms with E-state index in [-0.39, 0.29) is 0 Å². The molecule has 1 aromatic carbocycles. The Labute approximate surface area is 117 Å². The third kappa shape index (κ3) is 2.60. The SMILES string of the molecule is Cc1cc(CN)cc(Oc2cnc3ccccc3c2)n1. The average Bonchev–Trinajstić information content (AvgIpc) is 2.46. The second kappa shape index (κ2) is 5.27. The number of fused-ring (bicyclic) bond motifs is 1. The number of pyridine rings is 2. The number of hydrogen-bond acceptors (Lipinski definition) is 4. The lowest BCUT2D eigenvalue weighted by atomic mass is 10.2. The molecule has 0 fully saturated rings. The van der Waals surface area contributed by atoms with Crippen molar-refractivity contribution in [3.63, 3.8) is 0 Å². The Kier molecular flexibility index (Phi) is 3.31. The van der Waals surface area contributed by atoms with E-state index in [2.05, 4.69) is 9.97 Å². The molecule has 0 radical (unpaired) electrons. The summed E-state index contributed by atoms with van der Waals surface area (Å²) in [7, 11) is 0. The van der Waals surface area contributed by atoms with E-state index in [4.69, 9.17) is 10.5 Å². The summed E-state index contributed by atoms with van der Waals surface area (Å²) < 4.78 is 5.78. The number of rotatable bonds is 3. The van der Waals surface area contributed by atoms with E-state index in [9.17, 15) is 0 Å². The number of benzene rings is 1. The summed E-state index contributed by atoms with van der Waals surface area (Å²) in [5.74, 6) is 1.22. The van der Waals surface area contributed by atoms with E-state index in [1.807, 2.05) is 49.4 Å². The van der Waals surface area contributed by atoms with Gasteiger partial charge in [0, 0.05) is 23.7 Å². The highest BCUT2D eigenvalue weighted by Gasteiger charge is 2.04. The normalized spacial score (nSPS) is 10.7. The molecule has 0 bridgehead atoms. The molecule has 3 rings (SSSR count). The fourth-order valence-electron chi connectivity index (χ4n) is 2.10. The van der Waals surface area contributed by atoms with Gasteiger partial charge in [0.25, 0.3) is 0 Å². The maximum Gasteiger partial charge on any atom is 0.219 e. The smallest absolute Gasteiger partial charge is 0.219 e. The Morgan fingerprint density at radius 1 is 1.15 bits per heavy atom. The number of nitrogens with two attached hydrogens (primary N) is 1. The Hall–Kier alpha value is -2.46. The van der Waals surface area contributed by atoms with Gasteiger partial charge in [0.05, 0.1) is 11.7 Å². The van der Waals surface area contributed by atoms with Crippen LogP contribution >= 0.6 is 0 Å². The zero-order chi connectivity index (χ0) is 13.9. The molecule has 2 aromatic heterocycles. The number of hydrogen-bond donors (Lipinski definition) is 1. The summed E-state index contributed by atoms with van der Waals surface area (Å²) in [6.07, 6.45) is 1.70. The van der Waals surface area contributed by atoms with Gasteiger partial charge in [0.15, 0.2) is 0 Å². The van der Waals surface area contributed by atoms with Gasteiger partial charge >= 0.3 is 0 Å². The Morgan fingerprint density at radius 2 is 2.00 bits per heavy atom. The maximum atomic E-state index is 5.78. The quantitative estimate of drug-likeness (QED) is 0.790. The number of ether oxygens (including phenoxy) is 1. The molecule has 0 amide bonds. The third-order valence-electron chi connectivity index (χ3n) is 3.01. The van der Waals surface area contributed by atoms with E-state index >= 15 is 0 Å². The lowest BCUT2D eigenvalue weighted by Crippen LogP contribution is -1.99. The van der Waals surface area contributed by atoms with Crippen LogP contribution in [0.25, 0.3) is 10.9 Å². The molecule has 4 nitrogen and oxygen atoms in total. The van der Waals surface area contributed by atoms with Crippen molar-refractivity contribution in [1.82, 2.24) is 9.97 Å². The first-order valence-corrected chi connectivity index (χ1v) is 6.45. The first-order chi connectivity index (χ1) is 9.74. The van der Waals surface area contributed by atoms with Crippen LogP contribution in [0.1, 0.15) is 11.3 Å². The molecule has 0 unspecified atom stereocenters. The van der Waals surface area contributed by atoms with Crippen LogP contribution in [0.5, 0.6) is 11.6 Å². The van der Waals surface area contributed by atoms with Crippen molar-refractivity contribution in [1.29, 1.82) is 0 Å². The largest absolute Gasteiger partial charge is 0.437 e. The van der Waals surface area contributed by atoms with Crippen LogP contribution in [0.2, 0.25) is 0 Å². The van der Waals surface area contributed by atoms with Gasteiger partial charge in [-0.05, 0) is 30.7 Å². The monoisotopic (exact) mass is 265 g/mol. The molecule has 0 spiro atoms. The van der Waals surface area contributed by atoms with Gasteiger partial charge in [-0.3, -0.25) is 4.98 Å². The lowest BCUT2D eigenvalue weighted by Gasteiger charge is -2.08. The minimum Gasteiger partial charge on any atom is -0.437 e. The molecule has 4 heteroatoms. The van der Waals surface area contributed by atoms with Crippen LogP contribution in [0.3, 0.4) is 0 Å². The molecule has 2 heterocycles. The Bertz CT molecular complexity index is 756. The third-order valence-corrected chi connectivity index (χ3v) is 3.01. The minimum atomic E-state index is 0.468. The highest BCUT2D eigenvalue weighted by Crippen LogP contribution is 2.23. The zero-order valence-electron chi connectivity index (χ0n) is 11.2. The molecule has 0 aliphatic carbocycles. The van der Waals surface area contributed by atoms with Crippen molar-refractivity contribution in [3.05, 3.63) is 59.9 Å². The highest BCUT2D eigenvalue weighted by molar-refractivity contribution is 5.79. The number of aromatic nitrogens is 2. The van der Waals surface area contributed by atoms with Crippen molar-refractivity contribution in [3.8, 4) is 11.6 Å². The first kappa shape index (κ1) is 12.6.